The second-order valence-corrected chi connectivity index (χ2v) is 7.91. The molecule has 1 amide bonds. The molecule has 2 heterocycles. The van der Waals surface area contributed by atoms with Crippen LogP contribution in [0.5, 0.6) is 0 Å². The SMILES string of the molecule is O=C(Cn1nc(-c2ccc(F)cc2)nc1-c1ccc(F)cc1)N1CCc2cc(F)ccc2C1. The van der Waals surface area contributed by atoms with Gasteiger partial charge < -0.3 is 4.90 Å². The molecule has 33 heavy (non-hydrogen) atoms. The predicted octanol–water partition coefficient (Wildman–Crippen LogP) is 4.61. The summed E-state index contributed by atoms with van der Waals surface area (Å²) in [5, 5.41) is 4.49. The molecule has 5 rings (SSSR count). The third-order valence-electron chi connectivity index (χ3n) is 5.69. The maximum Gasteiger partial charge on any atom is 0.244 e. The molecule has 0 aliphatic carbocycles. The molecule has 0 saturated heterocycles. The first-order chi connectivity index (χ1) is 16.0. The molecule has 4 aromatic rings. The van der Waals surface area contributed by atoms with E-state index in [1.54, 1.807) is 35.2 Å². The summed E-state index contributed by atoms with van der Waals surface area (Å²) in [6.07, 6.45) is 0.571. The highest BCUT2D eigenvalue weighted by Gasteiger charge is 2.23. The van der Waals surface area contributed by atoms with Gasteiger partial charge in [0.05, 0.1) is 0 Å². The summed E-state index contributed by atoms with van der Waals surface area (Å²) in [4.78, 5) is 19.4. The Balaban J connectivity index is 1.45. The van der Waals surface area contributed by atoms with E-state index < -0.39 is 0 Å². The van der Waals surface area contributed by atoms with Crippen molar-refractivity contribution in [2.45, 2.75) is 19.5 Å². The van der Waals surface area contributed by atoms with Gasteiger partial charge in [-0.15, -0.1) is 5.10 Å². The number of benzene rings is 3. The van der Waals surface area contributed by atoms with Crippen LogP contribution in [-0.4, -0.2) is 32.1 Å². The quantitative estimate of drug-likeness (QED) is 0.458. The summed E-state index contributed by atoms with van der Waals surface area (Å²) in [6, 6.07) is 16.1. The number of hydrogen-bond acceptors (Lipinski definition) is 3. The molecule has 8 heteroatoms. The molecule has 0 N–H and O–H groups in total. The molecule has 0 saturated carbocycles. The molecule has 1 aliphatic rings. The maximum atomic E-state index is 13.5. The van der Waals surface area contributed by atoms with Gasteiger partial charge in [-0.25, -0.2) is 22.8 Å². The van der Waals surface area contributed by atoms with Crippen molar-refractivity contribution in [1.82, 2.24) is 19.7 Å². The third-order valence-corrected chi connectivity index (χ3v) is 5.69. The molecule has 5 nitrogen and oxygen atoms in total. The number of aromatic nitrogens is 3. The van der Waals surface area contributed by atoms with Crippen LogP contribution in [0.15, 0.2) is 66.7 Å². The van der Waals surface area contributed by atoms with Crippen LogP contribution in [0.2, 0.25) is 0 Å². The Bertz CT molecular complexity index is 1320. The van der Waals surface area contributed by atoms with Crippen molar-refractivity contribution >= 4 is 5.91 Å². The topological polar surface area (TPSA) is 51.0 Å². The summed E-state index contributed by atoms with van der Waals surface area (Å²) >= 11 is 0. The average molecular weight is 448 g/mol. The van der Waals surface area contributed by atoms with Crippen LogP contribution in [-0.2, 0) is 24.3 Å². The Kier molecular flexibility index (Phi) is 5.42. The first kappa shape index (κ1) is 20.9. The largest absolute Gasteiger partial charge is 0.336 e. The molecule has 0 spiro atoms. The minimum Gasteiger partial charge on any atom is -0.336 e. The second kappa shape index (κ2) is 8.54. The van der Waals surface area contributed by atoms with E-state index in [1.165, 1.54) is 41.1 Å². The summed E-state index contributed by atoms with van der Waals surface area (Å²) < 4.78 is 41.8. The fraction of sp³-hybridized carbons (Fsp3) is 0.160. The lowest BCUT2D eigenvalue weighted by molar-refractivity contribution is -0.132. The Hall–Kier alpha value is -3.94. The zero-order valence-electron chi connectivity index (χ0n) is 17.5. The molecular weight excluding hydrogens is 429 g/mol. The highest BCUT2D eigenvalue weighted by Crippen LogP contribution is 2.25. The third kappa shape index (κ3) is 4.37. The molecule has 166 valence electrons. The number of carbonyl (C=O) groups excluding carboxylic acids is 1. The summed E-state index contributed by atoms with van der Waals surface area (Å²) in [5.74, 6) is -0.471. The van der Waals surface area contributed by atoms with Gasteiger partial charge in [0.15, 0.2) is 11.6 Å². The molecule has 0 fully saturated rings. The zero-order valence-corrected chi connectivity index (χ0v) is 17.5. The van der Waals surface area contributed by atoms with E-state index in [4.69, 9.17) is 0 Å². The Morgan fingerprint density at radius 1 is 0.818 bits per heavy atom. The fourth-order valence-corrected chi connectivity index (χ4v) is 3.95. The minimum absolute atomic E-state index is 0.0720. The van der Waals surface area contributed by atoms with Crippen molar-refractivity contribution in [3.63, 3.8) is 0 Å². The van der Waals surface area contributed by atoms with E-state index in [1.807, 2.05) is 0 Å². The number of hydrogen-bond donors (Lipinski definition) is 0. The van der Waals surface area contributed by atoms with Crippen LogP contribution in [0.25, 0.3) is 22.8 Å². The van der Waals surface area contributed by atoms with Crippen molar-refractivity contribution in [3.05, 3.63) is 95.3 Å². The van der Waals surface area contributed by atoms with Crippen molar-refractivity contribution in [2.24, 2.45) is 0 Å². The van der Waals surface area contributed by atoms with Crippen LogP contribution in [0.1, 0.15) is 11.1 Å². The molecule has 3 aromatic carbocycles. The number of rotatable bonds is 4. The van der Waals surface area contributed by atoms with Gasteiger partial charge in [0.25, 0.3) is 0 Å². The van der Waals surface area contributed by atoms with Crippen LogP contribution < -0.4 is 0 Å². The average Bonchev–Trinajstić information content (AvgIpc) is 3.23. The lowest BCUT2D eigenvalue weighted by Gasteiger charge is -2.29. The number of amides is 1. The van der Waals surface area contributed by atoms with E-state index in [9.17, 15) is 18.0 Å². The van der Waals surface area contributed by atoms with E-state index in [2.05, 4.69) is 10.1 Å². The number of nitrogens with zero attached hydrogens (tertiary/aromatic N) is 4. The minimum atomic E-state index is -0.386. The van der Waals surface area contributed by atoms with Crippen molar-refractivity contribution in [3.8, 4) is 22.8 Å². The highest BCUT2D eigenvalue weighted by atomic mass is 19.1. The number of halogens is 3. The second-order valence-electron chi connectivity index (χ2n) is 7.91. The van der Waals surface area contributed by atoms with Crippen molar-refractivity contribution in [1.29, 1.82) is 0 Å². The monoisotopic (exact) mass is 448 g/mol. The van der Waals surface area contributed by atoms with Gasteiger partial charge in [-0.3, -0.25) is 4.79 Å². The first-order valence-corrected chi connectivity index (χ1v) is 10.5. The predicted molar refractivity (Wildman–Crippen MR) is 116 cm³/mol. The van der Waals surface area contributed by atoms with E-state index in [0.717, 1.165) is 11.1 Å². The smallest absolute Gasteiger partial charge is 0.244 e. The van der Waals surface area contributed by atoms with Gasteiger partial charge in [-0.2, -0.15) is 0 Å². The first-order valence-electron chi connectivity index (χ1n) is 10.5. The standard InChI is InChI=1S/C25H19F3N4O/c26-20-6-1-16(2-7-20)24-29-25(17-3-8-21(27)9-4-17)32(30-24)15-23(33)31-12-11-18-13-22(28)10-5-19(18)14-31/h1-10,13H,11-12,14-15H2. The lowest BCUT2D eigenvalue weighted by atomic mass is 9.99. The summed E-state index contributed by atoms with van der Waals surface area (Å²) in [5.41, 5.74) is 3.02. The molecule has 1 aliphatic heterocycles. The van der Waals surface area contributed by atoms with Crippen LogP contribution in [0.3, 0.4) is 0 Å². The molecule has 0 unspecified atom stereocenters. The van der Waals surface area contributed by atoms with Gasteiger partial charge >= 0.3 is 0 Å². The molecule has 1 aromatic heterocycles. The Morgan fingerprint density at radius 2 is 1.45 bits per heavy atom. The lowest BCUT2D eigenvalue weighted by Crippen LogP contribution is -2.38. The maximum absolute atomic E-state index is 13.5. The van der Waals surface area contributed by atoms with Gasteiger partial charge in [0, 0.05) is 24.2 Å². The molecule has 0 atom stereocenters. The van der Waals surface area contributed by atoms with Gasteiger partial charge in [-0.1, -0.05) is 6.07 Å². The Labute approximate surface area is 188 Å². The zero-order chi connectivity index (χ0) is 22.9. The Morgan fingerprint density at radius 3 is 2.15 bits per heavy atom. The highest BCUT2D eigenvalue weighted by molar-refractivity contribution is 5.77. The normalized spacial score (nSPS) is 13.1. The van der Waals surface area contributed by atoms with Crippen LogP contribution in [0, 0.1) is 17.5 Å². The van der Waals surface area contributed by atoms with Crippen molar-refractivity contribution in [2.75, 3.05) is 6.54 Å². The van der Waals surface area contributed by atoms with Gasteiger partial charge in [-0.05, 0) is 78.2 Å². The van der Waals surface area contributed by atoms with Crippen molar-refractivity contribution < 1.29 is 18.0 Å². The number of fused-ring (bicyclic) bond motifs is 1. The fourth-order valence-electron chi connectivity index (χ4n) is 3.95. The van der Waals surface area contributed by atoms with E-state index in [-0.39, 0.29) is 29.9 Å². The van der Waals surface area contributed by atoms with E-state index >= 15 is 0 Å². The molecule has 0 radical (unpaired) electrons. The van der Waals surface area contributed by atoms with E-state index in [0.29, 0.717) is 42.3 Å². The molecular formula is C25H19F3N4O. The number of carbonyl (C=O) groups is 1. The summed E-state index contributed by atoms with van der Waals surface area (Å²) in [7, 11) is 0. The van der Waals surface area contributed by atoms with Crippen LogP contribution >= 0.6 is 0 Å². The van der Waals surface area contributed by atoms with Crippen LogP contribution in [0.4, 0.5) is 13.2 Å². The van der Waals surface area contributed by atoms with Gasteiger partial charge in [0.1, 0.15) is 24.0 Å². The summed E-state index contributed by atoms with van der Waals surface area (Å²) in [6.45, 7) is 0.790. The molecule has 0 bridgehead atoms. The van der Waals surface area contributed by atoms with Gasteiger partial charge in [0.2, 0.25) is 5.91 Å².